The largest absolute Gasteiger partial charge is 0.480 e. The van der Waals surface area contributed by atoms with Gasteiger partial charge >= 0.3 is 11.9 Å². The van der Waals surface area contributed by atoms with Gasteiger partial charge in [-0.15, -0.1) is 0 Å². The molecule has 0 bridgehead atoms. The first-order valence-electron chi connectivity index (χ1n) is 6.22. The van der Waals surface area contributed by atoms with Crippen molar-refractivity contribution in [2.24, 2.45) is 0 Å². The van der Waals surface area contributed by atoms with E-state index in [2.05, 4.69) is 0 Å². The Labute approximate surface area is 123 Å². The second-order valence-electron chi connectivity index (χ2n) is 4.38. The Kier molecular flexibility index (Phi) is 5.45. The van der Waals surface area contributed by atoms with E-state index in [1.165, 1.54) is 25.1 Å². The first-order valence-corrected chi connectivity index (χ1v) is 7.70. The normalized spacial score (nSPS) is 12.7. The number of ether oxygens (including phenoxy) is 1. The third-order valence-corrected chi connectivity index (χ3v) is 4.26. The highest BCUT2D eigenvalue weighted by Crippen LogP contribution is 2.17. The number of esters is 1. The predicted molar refractivity (Wildman–Crippen MR) is 74.6 cm³/mol. The molecule has 0 aliphatic carbocycles. The number of rotatable bonds is 6. The number of carboxylic acid groups (broad SMARTS) is 1. The molecule has 0 aromatic heterocycles. The quantitative estimate of drug-likeness (QED) is 0.756. The number of hydrogen-bond acceptors (Lipinski definition) is 5. The zero-order chi connectivity index (χ0) is 16.2. The van der Waals surface area contributed by atoms with E-state index in [0.717, 1.165) is 0 Å². The summed E-state index contributed by atoms with van der Waals surface area (Å²) in [4.78, 5) is 22.3. The van der Waals surface area contributed by atoms with Crippen LogP contribution in [-0.4, -0.2) is 38.1 Å². The van der Waals surface area contributed by atoms with Crippen LogP contribution in [0.1, 0.15) is 29.8 Å². The number of aryl methyl sites for hydroxylation is 1. The first kappa shape index (κ1) is 17.1. The molecule has 0 heterocycles. The Balaban J connectivity index is 3.17. The van der Waals surface area contributed by atoms with Gasteiger partial charge in [0.25, 0.3) is 0 Å². The van der Waals surface area contributed by atoms with Crippen molar-refractivity contribution >= 4 is 22.0 Å². The summed E-state index contributed by atoms with van der Waals surface area (Å²) in [7, 11) is -4.03. The summed E-state index contributed by atoms with van der Waals surface area (Å²) in [5, 5.41) is 8.75. The fourth-order valence-electron chi connectivity index (χ4n) is 1.55. The molecule has 0 amide bonds. The minimum absolute atomic E-state index is 0.128. The van der Waals surface area contributed by atoms with Crippen molar-refractivity contribution in [1.29, 1.82) is 0 Å². The molecule has 2 N–H and O–H groups in total. The van der Waals surface area contributed by atoms with Gasteiger partial charge in [-0.2, -0.15) is 4.72 Å². The summed E-state index contributed by atoms with van der Waals surface area (Å²) in [6, 6.07) is 2.66. The van der Waals surface area contributed by atoms with Crippen molar-refractivity contribution in [3.63, 3.8) is 0 Å². The van der Waals surface area contributed by atoms with Gasteiger partial charge in [-0.1, -0.05) is 6.07 Å². The summed E-state index contributed by atoms with van der Waals surface area (Å²) >= 11 is 0. The lowest BCUT2D eigenvalue weighted by molar-refractivity contribution is -0.138. The van der Waals surface area contributed by atoms with Gasteiger partial charge in [0, 0.05) is 0 Å². The Morgan fingerprint density at radius 2 is 2.00 bits per heavy atom. The molecule has 0 fully saturated rings. The number of sulfonamides is 1. The average molecular weight is 315 g/mol. The first-order chi connectivity index (χ1) is 9.69. The Bertz CT molecular complexity index is 653. The van der Waals surface area contributed by atoms with Crippen molar-refractivity contribution in [2.75, 3.05) is 6.61 Å². The van der Waals surface area contributed by atoms with E-state index in [0.29, 0.717) is 5.56 Å². The molecule has 7 nitrogen and oxygen atoms in total. The molecule has 0 aliphatic heterocycles. The summed E-state index contributed by atoms with van der Waals surface area (Å²) in [6.07, 6.45) is 0. The third-order valence-electron chi connectivity index (χ3n) is 2.72. The molecule has 1 aromatic rings. The third kappa shape index (κ3) is 4.27. The highest BCUT2D eigenvalue weighted by molar-refractivity contribution is 7.89. The van der Waals surface area contributed by atoms with Crippen molar-refractivity contribution < 1.29 is 27.9 Å². The molecule has 0 radical (unpaired) electrons. The minimum Gasteiger partial charge on any atom is -0.480 e. The molecule has 0 saturated carbocycles. The molecule has 1 rings (SSSR count). The summed E-state index contributed by atoms with van der Waals surface area (Å²) in [5.41, 5.74) is 0.696. The molecule has 1 atom stereocenters. The number of benzene rings is 1. The average Bonchev–Trinajstić information content (AvgIpc) is 2.38. The zero-order valence-corrected chi connectivity index (χ0v) is 12.7. The molecular weight excluding hydrogens is 298 g/mol. The van der Waals surface area contributed by atoms with Gasteiger partial charge in [-0.05, 0) is 38.5 Å². The van der Waals surface area contributed by atoms with Crippen LogP contribution in [0.4, 0.5) is 0 Å². The van der Waals surface area contributed by atoms with Gasteiger partial charge in [-0.3, -0.25) is 4.79 Å². The standard InChI is InChI=1S/C13H17NO6S/c1-4-20-13(17)11-7-10(6-5-8(11)2)21(18,19)14-9(3)12(15)16/h5-7,9,14H,4H2,1-3H3,(H,15,16)/t9-/m1/s1. The lowest BCUT2D eigenvalue weighted by atomic mass is 10.1. The number of carbonyl (C=O) groups is 2. The SMILES string of the molecule is CCOC(=O)c1cc(S(=O)(=O)N[C@H](C)C(=O)O)ccc1C. The molecule has 116 valence electrons. The fraction of sp³-hybridized carbons (Fsp3) is 0.385. The van der Waals surface area contributed by atoms with Crippen LogP contribution >= 0.6 is 0 Å². The second kappa shape index (κ2) is 6.68. The van der Waals surface area contributed by atoms with Crippen LogP contribution in [0.15, 0.2) is 23.1 Å². The Hall–Kier alpha value is -1.93. The second-order valence-corrected chi connectivity index (χ2v) is 6.09. The predicted octanol–water partition coefficient (Wildman–Crippen LogP) is 0.923. The lowest BCUT2D eigenvalue weighted by Gasteiger charge is -2.12. The zero-order valence-electron chi connectivity index (χ0n) is 11.9. The van der Waals surface area contributed by atoms with Gasteiger partial charge in [0.2, 0.25) is 10.0 Å². The van der Waals surface area contributed by atoms with Crippen molar-refractivity contribution in [3.8, 4) is 0 Å². The monoisotopic (exact) mass is 315 g/mol. The van der Waals surface area contributed by atoms with Gasteiger partial charge in [0.1, 0.15) is 6.04 Å². The summed E-state index contributed by atoms with van der Waals surface area (Å²) < 4.78 is 31.0. The molecule has 1 aromatic carbocycles. The molecule has 21 heavy (non-hydrogen) atoms. The number of nitrogens with one attached hydrogen (secondary N) is 1. The molecule has 0 spiro atoms. The van der Waals surface area contributed by atoms with Crippen LogP contribution in [0, 0.1) is 6.92 Å². The fourth-order valence-corrected chi connectivity index (χ4v) is 2.77. The van der Waals surface area contributed by atoms with E-state index >= 15 is 0 Å². The van der Waals surface area contributed by atoms with Crippen molar-refractivity contribution in [2.45, 2.75) is 31.7 Å². The van der Waals surface area contributed by atoms with Crippen molar-refractivity contribution in [1.82, 2.24) is 4.72 Å². The van der Waals surface area contributed by atoms with Crippen LogP contribution in [0.25, 0.3) is 0 Å². The van der Waals surface area contributed by atoms with Crippen LogP contribution in [0.3, 0.4) is 0 Å². The highest BCUT2D eigenvalue weighted by atomic mass is 32.2. The van der Waals surface area contributed by atoms with E-state index in [4.69, 9.17) is 9.84 Å². The molecule has 8 heteroatoms. The van der Waals surface area contributed by atoms with Gasteiger partial charge < -0.3 is 9.84 Å². The maximum absolute atomic E-state index is 12.1. The Morgan fingerprint density at radius 1 is 1.38 bits per heavy atom. The summed E-state index contributed by atoms with van der Waals surface area (Å²) in [5.74, 6) is -1.92. The van der Waals surface area contributed by atoms with E-state index in [1.807, 2.05) is 4.72 Å². The van der Waals surface area contributed by atoms with Crippen molar-refractivity contribution in [3.05, 3.63) is 29.3 Å². The Morgan fingerprint density at radius 3 is 2.52 bits per heavy atom. The van der Waals surface area contributed by atoms with Crippen LogP contribution in [0.2, 0.25) is 0 Å². The van der Waals surface area contributed by atoms with E-state index in [1.54, 1.807) is 13.8 Å². The number of carbonyl (C=O) groups excluding carboxylic acids is 1. The van der Waals surface area contributed by atoms with Crippen LogP contribution < -0.4 is 4.72 Å². The van der Waals surface area contributed by atoms with Gasteiger partial charge in [0.15, 0.2) is 0 Å². The highest BCUT2D eigenvalue weighted by Gasteiger charge is 2.23. The maximum Gasteiger partial charge on any atom is 0.338 e. The molecular formula is C13H17NO6S. The topological polar surface area (TPSA) is 110 Å². The van der Waals surface area contributed by atoms with E-state index in [-0.39, 0.29) is 17.1 Å². The van der Waals surface area contributed by atoms with Crippen LogP contribution in [-0.2, 0) is 19.6 Å². The molecule has 0 saturated heterocycles. The number of carboxylic acids is 1. The maximum atomic E-state index is 12.1. The van der Waals surface area contributed by atoms with Gasteiger partial charge in [0.05, 0.1) is 17.1 Å². The number of hydrogen-bond donors (Lipinski definition) is 2. The molecule has 0 aliphatic rings. The van der Waals surface area contributed by atoms with E-state index in [9.17, 15) is 18.0 Å². The summed E-state index contributed by atoms with van der Waals surface area (Å²) in [6.45, 7) is 4.67. The smallest absolute Gasteiger partial charge is 0.338 e. The minimum atomic E-state index is -4.03. The number of aliphatic carboxylic acids is 1. The van der Waals surface area contributed by atoms with Gasteiger partial charge in [-0.25, -0.2) is 13.2 Å². The molecule has 0 unspecified atom stereocenters. The van der Waals surface area contributed by atoms with Crippen LogP contribution in [0.5, 0.6) is 0 Å². The van der Waals surface area contributed by atoms with E-state index < -0.39 is 28.0 Å². The lowest BCUT2D eigenvalue weighted by Crippen LogP contribution is -2.38.